The van der Waals surface area contributed by atoms with Crippen molar-refractivity contribution < 1.29 is 47.6 Å². The first-order valence-electron chi connectivity index (χ1n) is 22.4. The predicted molar refractivity (Wildman–Crippen MR) is 229 cm³/mol. The van der Waals surface area contributed by atoms with Crippen molar-refractivity contribution in [1.29, 1.82) is 0 Å². The maximum absolute atomic E-state index is 14.1. The Balaban J connectivity index is 0.865. The Morgan fingerprint density at radius 2 is 1.06 bits per heavy atom. The fourth-order valence-corrected chi connectivity index (χ4v) is 10.5. The minimum atomic E-state index is -0.710. The van der Waals surface area contributed by atoms with Crippen molar-refractivity contribution in [3.8, 4) is 45.1 Å². The number of ether oxygens (including phenoxy) is 6. The van der Waals surface area contributed by atoms with Gasteiger partial charge in [-0.05, 0) is 87.5 Å². The molecule has 6 aliphatic heterocycles. The Hall–Kier alpha value is -6.14. The molecule has 0 saturated carbocycles. The predicted octanol–water partition coefficient (Wildman–Crippen LogP) is 5.55. The van der Waals surface area contributed by atoms with Crippen molar-refractivity contribution in [2.45, 2.75) is 88.7 Å². The summed E-state index contributed by atoms with van der Waals surface area (Å²) >= 11 is 0. The van der Waals surface area contributed by atoms with Gasteiger partial charge in [0.15, 0.2) is 0 Å². The number of hydrogen-bond donors (Lipinski definition) is 4. The lowest BCUT2D eigenvalue weighted by Gasteiger charge is -2.34. The summed E-state index contributed by atoms with van der Waals surface area (Å²) in [6, 6.07) is 6.32. The van der Waals surface area contributed by atoms with Crippen LogP contribution in [0.25, 0.3) is 33.6 Å². The van der Waals surface area contributed by atoms with Crippen LogP contribution in [0.1, 0.15) is 86.2 Å². The van der Waals surface area contributed by atoms with Gasteiger partial charge in [0.2, 0.25) is 11.8 Å². The average Bonchev–Trinajstić information content (AvgIpc) is 4.19. The molecule has 4 fully saturated rings. The van der Waals surface area contributed by atoms with E-state index in [0.29, 0.717) is 90.1 Å². The molecule has 10 rings (SSSR count). The summed E-state index contributed by atoms with van der Waals surface area (Å²) in [5, 5.41) is 5.64. The Bertz CT molecular complexity index is 2210. The van der Waals surface area contributed by atoms with Crippen molar-refractivity contribution in [2.24, 2.45) is 11.8 Å². The number of hydrogen-bond acceptors (Lipinski definition) is 12. The lowest BCUT2D eigenvalue weighted by atomic mass is 9.87. The number of likely N-dealkylation sites (tertiary alicyclic amines) is 2. The average molecular weight is 879 g/mol. The maximum atomic E-state index is 14.1. The fourth-order valence-electron chi connectivity index (χ4n) is 10.5. The molecular weight excluding hydrogens is 825 g/mol. The van der Waals surface area contributed by atoms with Crippen LogP contribution in [-0.2, 0) is 41.8 Å². The Labute approximate surface area is 370 Å². The number of amides is 4. The van der Waals surface area contributed by atoms with E-state index in [9.17, 15) is 19.2 Å². The molecule has 0 spiro atoms. The van der Waals surface area contributed by atoms with Gasteiger partial charge < -0.3 is 58.8 Å². The van der Waals surface area contributed by atoms with Gasteiger partial charge in [0.05, 0.1) is 50.1 Å². The molecule has 4 N–H and O–H groups in total. The van der Waals surface area contributed by atoms with Gasteiger partial charge in [0, 0.05) is 72.9 Å². The van der Waals surface area contributed by atoms with Crippen molar-refractivity contribution in [3.63, 3.8) is 0 Å². The molecule has 4 aromatic rings. The largest absolute Gasteiger partial charge is 0.488 e. The van der Waals surface area contributed by atoms with Crippen molar-refractivity contribution in [1.82, 2.24) is 40.4 Å². The first-order chi connectivity index (χ1) is 31.3. The minimum absolute atomic E-state index is 0.0495. The maximum Gasteiger partial charge on any atom is 0.407 e. The molecule has 0 unspecified atom stereocenters. The number of nitrogens with one attached hydrogen (secondary N) is 4. The summed E-state index contributed by atoms with van der Waals surface area (Å²) in [6.07, 6.45) is 8.20. The summed E-state index contributed by atoms with van der Waals surface area (Å²) in [7, 11) is 2.61. The van der Waals surface area contributed by atoms with Crippen molar-refractivity contribution in [2.75, 3.05) is 53.7 Å². The molecule has 2 aromatic carbocycles. The molecule has 6 aliphatic rings. The van der Waals surface area contributed by atoms with Crippen LogP contribution in [0, 0.1) is 11.8 Å². The molecule has 0 bridgehead atoms. The van der Waals surface area contributed by atoms with Gasteiger partial charge in [-0.3, -0.25) is 9.59 Å². The number of carbonyl (C=O) groups is 4. The minimum Gasteiger partial charge on any atom is -0.488 e. The van der Waals surface area contributed by atoms with Gasteiger partial charge in [-0.1, -0.05) is 0 Å². The zero-order valence-electron chi connectivity index (χ0n) is 36.1. The first-order valence-corrected chi connectivity index (χ1v) is 22.4. The van der Waals surface area contributed by atoms with E-state index in [1.807, 2.05) is 21.9 Å². The highest BCUT2D eigenvalue weighted by atomic mass is 16.5. The van der Waals surface area contributed by atoms with Crippen LogP contribution in [-0.4, -0.2) is 120 Å². The van der Waals surface area contributed by atoms with Gasteiger partial charge >= 0.3 is 12.2 Å². The lowest BCUT2D eigenvalue weighted by Crippen LogP contribution is -2.53. The number of methoxy groups -OCH3 is 2. The molecule has 4 atom stereocenters. The lowest BCUT2D eigenvalue weighted by molar-refractivity contribution is -0.137. The van der Waals surface area contributed by atoms with E-state index < -0.39 is 24.3 Å². The van der Waals surface area contributed by atoms with Gasteiger partial charge in [0.25, 0.3) is 0 Å². The van der Waals surface area contributed by atoms with Gasteiger partial charge in [0.1, 0.15) is 48.4 Å². The molecular formula is C46H54N8O10. The second-order valence-electron chi connectivity index (χ2n) is 17.5. The van der Waals surface area contributed by atoms with Crippen LogP contribution in [0.5, 0.6) is 11.5 Å². The molecule has 4 amide bonds. The standard InChI is InChI=1S/C46H54N8O10/c1-59-45(57)51-39(25-7-13-61-14-8-25)43(55)53-11-3-5-33(53)41-47-21-31(49-41)27-17-29-23-64-36-20-28(18-30-24-63-35(19-27)37(29)38(30)36)32-22-48-42(50-32)34-6-4-12-54(34)44(56)40(52-46(58)60-2)26-9-15-62-16-10-26/h17-22,25-26,33-34,39-40H,3-16,23-24H2,1-2H3,(H,47,49)(H,48,50)(H,51,57)(H,52,58)/t33-,34-,39-,40-/m0/s1. The quantitative estimate of drug-likeness (QED) is 0.155. The number of nitrogens with zero attached hydrogens (tertiary/aromatic N) is 4. The van der Waals surface area contributed by atoms with Crippen LogP contribution in [0.15, 0.2) is 36.7 Å². The second-order valence-corrected chi connectivity index (χ2v) is 17.5. The normalized spacial score (nSPS) is 21.6. The van der Waals surface area contributed by atoms with Crippen LogP contribution in [0.3, 0.4) is 0 Å². The van der Waals surface area contributed by atoms with E-state index in [0.717, 1.165) is 82.0 Å². The monoisotopic (exact) mass is 878 g/mol. The number of aromatic nitrogens is 4. The zero-order valence-corrected chi connectivity index (χ0v) is 36.1. The number of benzene rings is 2. The van der Waals surface area contributed by atoms with Crippen LogP contribution in [0.4, 0.5) is 9.59 Å². The number of H-pyrrole nitrogens is 2. The van der Waals surface area contributed by atoms with E-state index in [1.54, 1.807) is 12.4 Å². The van der Waals surface area contributed by atoms with E-state index >= 15 is 0 Å². The topological polar surface area (TPSA) is 212 Å². The highest BCUT2D eigenvalue weighted by molar-refractivity contribution is 5.89. The van der Waals surface area contributed by atoms with E-state index in [4.69, 9.17) is 38.4 Å². The summed E-state index contributed by atoms with van der Waals surface area (Å²) in [4.78, 5) is 73.2. The summed E-state index contributed by atoms with van der Waals surface area (Å²) < 4.78 is 33.8. The number of imidazole rings is 2. The van der Waals surface area contributed by atoms with Gasteiger partial charge in [-0.2, -0.15) is 0 Å². The number of alkyl carbamates (subject to hydrolysis) is 2. The summed E-state index contributed by atoms with van der Waals surface area (Å²) in [5.74, 6) is 2.53. The Morgan fingerprint density at radius 1 is 0.641 bits per heavy atom. The van der Waals surface area contributed by atoms with E-state index in [-0.39, 0.29) is 35.7 Å². The Morgan fingerprint density at radius 3 is 1.47 bits per heavy atom. The van der Waals surface area contributed by atoms with Crippen LogP contribution >= 0.6 is 0 Å². The second kappa shape index (κ2) is 17.8. The third kappa shape index (κ3) is 7.90. The third-order valence-electron chi connectivity index (χ3n) is 13.8. The van der Waals surface area contributed by atoms with Crippen molar-refractivity contribution >= 4 is 24.0 Å². The molecule has 2 aromatic heterocycles. The van der Waals surface area contributed by atoms with Gasteiger partial charge in [-0.25, -0.2) is 19.6 Å². The molecule has 338 valence electrons. The molecule has 18 heteroatoms. The zero-order chi connectivity index (χ0) is 43.9. The number of carbonyl (C=O) groups excluding carboxylic acids is 4. The number of rotatable bonds is 10. The molecule has 18 nitrogen and oxygen atoms in total. The summed E-state index contributed by atoms with van der Waals surface area (Å²) in [6.45, 7) is 3.99. The Kier molecular flexibility index (Phi) is 11.6. The van der Waals surface area contributed by atoms with Crippen LogP contribution < -0.4 is 20.1 Å². The van der Waals surface area contributed by atoms with E-state index in [1.165, 1.54) is 14.2 Å². The first kappa shape index (κ1) is 41.8. The van der Waals surface area contributed by atoms with Gasteiger partial charge in [-0.15, -0.1) is 0 Å². The van der Waals surface area contributed by atoms with Crippen LogP contribution in [0.2, 0.25) is 0 Å². The van der Waals surface area contributed by atoms with E-state index in [2.05, 4.69) is 32.7 Å². The molecule has 4 saturated heterocycles. The number of aromatic amines is 2. The van der Waals surface area contributed by atoms with Crippen molar-refractivity contribution in [3.05, 3.63) is 59.4 Å². The molecule has 0 aliphatic carbocycles. The molecule has 0 radical (unpaired) electrons. The fraction of sp³-hybridized carbons (Fsp3) is 0.522. The molecule has 64 heavy (non-hydrogen) atoms. The highest BCUT2D eigenvalue weighted by Crippen LogP contribution is 2.51. The summed E-state index contributed by atoms with van der Waals surface area (Å²) in [5.41, 5.74) is 7.39. The smallest absolute Gasteiger partial charge is 0.407 e. The SMILES string of the molecule is COC(=O)N[C@H](C(=O)N1CCC[C@H]1c1ncc(-c2cc3c4c(c2)OCc2cc(-c5cnc([C@@H]6CCCN6C(=O)[C@@H](NC(=O)OC)C6CCOCC6)[nH]5)cc(c2-4)OC3)[nH]1)C1CCOCC1. The highest BCUT2D eigenvalue weighted by Gasteiger charge is 2.42. The third-order valence-corrected chi connectivity index (χ3v) is 13.8. The molecule has 8 heterocycles.